The highest BCUT2D eigenvalue weighted by molar-refractivity contribution is 7.73. The Morgan fingerprint density at radius 3 is 2.37 bits per heavy atom. The van der Waals surface area contributed by atoms with Crippen LogP contribution in [0.4, 0.5) is 5.00 Å². The van der Waals surface area contributed by atoms with Crippen LogP contribution in [0.2, 0.25) is 25.1 Å². The first-order valence-electron chi connectivity index (χ1n) is 8.68. The van der Waals surface area contributed by atoms with Gasteiger partial charge in [0.05, 0.1) is 24.5 Å². The molecule has 1 aliphatic carbocycles. The summed E-state index contributed by atoms with van der Waals surface area (Å²) in [6.45, 7) is 1.72. The number of fused-ring (bicyclic) bond motifs is 1. The van der Waals surface area contributed by atoms with E-state index in [0.29, 0.717) is 20.3 Å². The minimum absolute atomic E-state index is 0.00745. The van der Waals surface area contributed by atoms with Crippen LogP contribution >= 0.6 is 81.6 Å². The maximum Gasteiger partial charge on any atom is 0.262 e. The second kappa shape index (κ2) is 9.79. The lowest BCUT2D eigenvalue weighted by Gasteiger charge is -2.23. The smallest absolute Gasteiger partial charge is 0.262 e. The van der Waals surface area contributed by atoms with Crippen molar-refractivity contribution in [1.29, 1.82) is 5.26 Å². The fourth-order valence-corrected chi connectivity index (χ4v) is 5.80. The van der Waals surface area contributed by atoms with Crippen LogP contribution in [0.3, 0.4) is 0 Å². The van der Waals surface area contributed by atoms with Gasteiger partial charge in [-0.05, 0) is 36.3 Å². The summed E-state index contributed by atoms with van der Waals surface area (Å²) < 4.78 is 6.12. The Labute approximate surface area is 207 Å². The maximum atomic E-state index is 12.5. The first-order chi connectivity index (χ1) is 14.1. The molecule has 11 heteroatoms. The van der Waals surface area contributed by atoms with Crippen molar-refractivity contribution in [2.75, 3.05) is 11.9 Å². The Kier molecular flexibility index (Phi) is 7.79. The first-order valence-corrected chi connectivity index (χ1v) is 11.8. The van der Waals surface area contributed by atoms with Crippen molar-refractivity contribution in [3.05, 3.63) is 45.6 Å². The molecule has 0 saturated carbocycles. The van der Waals surface area contributed by atoms with Gasteiger partial charge in [0.1, 0.15) is 21.1 Å². The number of ether oxygens (including phenoxy) is 1. The van der Waals surface area contributed by atoms with Gasteiger partial charge in [-0.3, -0.25) is 4.79 Å². The second-order valence-electron chi connectivity index (χ2n) is 6.75. The van der Waals surface area contributed by atoms with Crippen LogP contribution in [0.15, 0.2) is 0 Å². The second-order valence-corrected chi connectivity index (χ2v) is 10.3. The highest BCUT2D eigenvalue weighted by atomic mass is 35.5. The summed E-state index contributed by atoms with van der Waals surface area (Å²) in [6.07, 6.45) is 2.56. The fraction of sp³-hybridized carbons (Fsp3) is 0.316. The van der Waals surface area contributed by atoms with Crippen molar-refractivity contribution in [1.82, 2.24) is 0 Å². The number of benzene rings is 1. The number of carbonyl (C=O) groups excluding carboxylic acids is 1. The van der Waals surface area contributed by atoms with Crippen LogP contribution in [0.5, 0.6) is 5.75 Å². The van der Waals surface area contributed by atoms with Gasteiger partial charge < -0.3 is 10.1 Å². The average Bonchev–Trinajstić information content (AvgIpc) is 2.71. The Morgan fingerprint density at radius 1 is 1.17 bits per heavy atom. The number of nitrogens with zero attached hydrogens (tertiary/aromatic N) is 1. The zero-order chi connectivity index (χ0) is 22.2. The number of hydrogen-bond donors (Lipinski definition) is 1. The molecule has 0 bridgehead atoms. The molecule has 4 nitrogen and oxygen atoms in total. The van der Waals surface area contributed by atoms with E-state index < -0.39 is 12.5 Å². The van der Waals surface area contributed by atoms with E-state index in [1.54, 1.807) is 0 Å². The highest BCUT2D eigenvalue weighted by Crippen LogP contribution is 2.48. The number of halogens is 5. The van der Waals surface area contributed by atoms with Crippen molar-refractivity contribution in [2.24, 2.45) is 5.92 Å². The zero-order valence-corrected chi connectivity index (χ0v) is 20.8. The first kappa shape index (κ1) is 23.9. The molecule has 0 saturated heterocycles. The summed E-state index contributed by atoms with van der Waals surface area (Å²) in [6, 6.07) is 2.20. The van der Waals surface area contributed by atoms with Crippen molar-refractivity contribution in [3.63, 3.8) is 0 Å². The van der Waals surface area contributed by atoms with Gasteiger partial charge in [0.2, 0.25) is 0 Å². The lowest BCUT2D eigenvalue weighted by Crippen LogP contribution is -2.22. The summed E-state index contributed by atoms with van der Waals surface area (Å²) in [4.78, 5) is 12.5. The van der Waals surface area contributed by atoms with Gasteiger partial charge in [0.15, 0.2) is 12.4 Å². The number of carbonyl (C=O) groups is 1. The number of nitriles is 1. The van der Waals surface area contributed by atoms with E-state index in [1.807, 2.05) is 0 Å². The molecule has 1 unspecified atom stereocenters. The van der Waals surface area contributed by atoms with Crippen LogP contribution in [0.1, 0.15) is 30.0 Å². The minimum atomic E-state index is -0.518. The van der Waals surface area contributed by atoms with Crippen LogP contribution in [0, 0.1) is 21.1 Å². The number of hydrogen-bond acceptors (Lipinski definition) is 5. The summed E-state index contributed by atoms with van der Waals surface area (Å²) in [5, 5.41) is 12.6. The van der Waals surface area contributed by atoms with Gasteiger partial charge in [-0.2, -0.15) is 5.26 Å². The van der Waals surface area contributed by atoms with Crippen LogP contribution < -0.4 is 10.1 Å². The summed E-state index contributed by atoms with van der Waals surface area (Å²) >= 11 is 36.9. The third kappa shape index (κ3) is 4.68. The van der Waals surface area contributed by atoms with Crippen LogP contribution in [0.25, 0.3) is 0 Å². The van der Waals surface area contributed by atoms with E-state index in [2.05, 4.69) is 18.3 Å². The number of nitrogens with one attached hydrogen (secondary N) is 1. The van der Waals surface area contributed by atoms with Crippen molar-refractivity contribution < 1.29 is 9.53 Å². The molecule has 30 heavy (non-hydrogen) atoms. The van der Waals surface area contributed by atoms with E-state index in [0.717, 1.165) is 30.4 Å². The molecule has 0 spiro atoms. The van der Waals surface area contributed by atoms with Gasteiger partial charge in [0, 0.05) is 0 Å². The Hall–Kier alpha value is -0.780. The van der Waals surface area contributed by atoms with E-state index in [-0.39, 0.29) is 30.9 Å². The summed E-state index contributed by atoms with van der Waals surface area (Å²) in [5.41, 5.74) is 2.39. The summed E-state index contributed by atoms with van der Waals surface area (Å²) in [5.74, 6) is -0.0599. The maximum absolute atomic E-state index is 12.5. The average molecular weight is 543 g/mol. The van der Waals surface area contributed by atoms with Crippen molar-refractivity contribution in [3.8, 4) is 11.8 Å². The molecule has 0 radical (unpaired) electrons. The number of amides is 1. The lowest BCUT2D eigenvalue weighted by molar-refractivity contribution is -0.118. The van der Waals surface area contributed by atoms with Gasteiger partial charge >= 0.3 is 0 Å². The normalized spacial score (nSPS) is 15.3. The van der Waals surface area contributed by atoms with E-state index in [1.165, 1.54) is 11.3 Å². The van der Waals surface area contributed by atoms with Gasteiger partial charge in [0.25, 0.3) is 5.91 Å². The molecule has 2 aromatic rings. The molecule has 1 atom stereocenters. The van der Waals surface area contributed by atoms with Crippen LogP contribution in [-0.4, -0.2) is 12.5 Å². The van der Waals surface area contributed by atoms with E-state index >= 15 is 0 Å². The monoisotopic (exact) mass is 540 g/mol. The van der Waals surface area contributed by atoms with E-state index in [9.17, 15) is 10.1 Å². The quantitative estimate of drug-likeness (QED) is 0.244. The van der Waals surface area contributed by atoms with Gasteiger partial charge in [-0.15, -0.1) is 11.3 Å². The minimum Gasteiger partial charge on any atom is -0.481 e. The molecule has 1 aromatic carbocycles. The molecule has 1 heterocycles. The molecule has 0 fully saturated rings. The standard InChI is InChI=1S/C19H13Cl5N2O2S2/c1-7-2-3-8-9(4-7)19(29)30-18(10(8)5-25)26-11(27)6-28-17-15(23)13(21)12(20)14(22)16(17)24/h7H,2-4,6H2,1H3,(H,26,27). The zero-order valence-electron chi connectivity index (χ0n) is 15.4. The molecule has 1 aromatic heterocycles. The highest BCUT2D eigenvalue weighted by Gasteiger charge is 2.24. The summed E-state index contributed by atoms with van der Waals surface area (Å²) in [7, 11) is 0. The Balaban J connectivity index is 1.83. The molecule has 0 aliphatic heterocycles. The van der Waals surface area contributed by atoms with Gasteiger partial charge in [-0.25, -0.2) is 0 Å². The third-order valence-corrected chi connectivity index (χ3v) is 8.34. The molecular weight excluding hydrogens is 530 g/mol. The fourth-order valence-electron chi connectivity index (χ4n) is 3.16. The Bertz CT molecular complexity index is 1110. The predicted octanol–water partition coefficient (Wildman–Crippen LogP) is 7.76. The predicted molar refractivity (Wildman–Crippen MR) is 127 cm³/mol. The SMILES string of the molecule is CC1CCc2c(C#N)c(NC(=O)COc3c(Cl)c(Cl)c(Cl)c(Cl)c3Cl)sc(=S)c2C1. The molecular formula is C19H13Cl5N2O2S2. The third-order valence-electron chi connectivity index (χ3n) is 4.66. The largest absolute Gasteiger partial charge is 0.481 e. The lowest BCUT2D eigenvalue weighted by atomic mass is 9.85. The molecule has 1 aliphatic rings. The van der Waals surface area contributed by atoms with Gasteiger partial charge in [-0.1, -0.05) is 77.1 Å². The molecule has 3 rings (SSSR count). The topological polar surface area (TPSA) is 62.1 Å². The van der Waals surface area contributed by atoms with Crippen LogP contribution in [-0.2, 0) is 17.6 Å². The molecule has 1 amide bonds. The number of rotatable bonds is 4. The Morgan fingerprint density at radius 2 is 1.77 bits per heavy atom. The number of anilines is 1. The van der Waals surface area contributed by atoms with Crippen molar-refractivity contribution in [2.45, 2.75) is 26.2 Å². The molecule has 158 valence electrons. The van der Waals surface area contributed by atoms with Crippen molar-refractivity contribution >= 4 is 92.5 Å². The van der Waals surface area contributed by atoms with E-state index in [4.69, 9.17) is 75.0 Å². The molecule has 1 N–H and O–H groups in total.